The van der Waals surface area contributed by atoms with Gasteiger partial charge in [0, 0.05) is 35.0 Å². The molecule has 0 amide bonds. The quantitative estimate of drug-likeness (QED) is 0.889. The van der Waals surface area contributed by atoms with Gasteiger partial charge in [-0.2, -0.15) is 13.2 Å². The molecule has 3 nitrogen and oxygen atoms in total. The van der Waals surface area contributed by atoms with Gasteiger partial charge in [-0.15, -0.1) is 0 Å². The van der Waals surface area contributed by atoms with Gasteiger partial charge in [0.05, 0.1) is 5.56 Å². The maximum absolute atomic E-state index is 12.2. The number of halogens is 3. The van der Waals surface area contributed by atoms with Gasteiger partial charge < -0.3 is 5.32 Å². The molecule has 1 heterocycles. The summed E-state index contributed by atoms with van der Waals surface area (Å²) in [5.74, 6) is 1.38. The highest BCUT2D eigenvalue weighted by Crippen LogP contribution is 2.28. The molecule has 0 saturated carbocycles. The first-order chi connectivity index (χ1) is 7.93. The van der Waals surface area contributed by atoms with Crippen molar-refractivity contribution < 1.29 is 17.4 Å². The lowest BCUT2D eigenvalue weighted by Gasteiger charge is -2.08. The van der Waals surface area contributed by atoms with E-state index in [9.17, 15) is 17.4 Å². The summed E-state index contributed by atoms with van der Waals surface area (Å²) in [5, 5.41) is 2.82. The first-order valence-corrected chi connectivity index (χ1v) is 6.54. The van der Waals surface area contributed by atoms with E-state index >= 15 is 0 Å². The van der Waals surface area contributed by atoms with Crippen LogP contribution in [-0.2, 0) is 17.0 Å². The average molecular weight is 266 g/mol. The molecule has 1 N–H and O–H groups in total. The van der Waals surface area contributed by atoms with E-state index in [1.807, 2.05) is 6.92 Å². The van der Waals surface area contributed by atoms with E-state index in [0.717, 1.165) is 12.3 Å². The zero-order valence-electron chi connectivity index (χ0n) is 9.25. The minimum atomic E-state index is -4.37. The van der Waals surface area contributed by atoms with E-state index in [1.165, 1.54) is 6.07 Å². The Kier molecular flexibility index (Phi) is 4.92. The number of nitrogens with one attached hydrogen (secondary N) is 1. The monoisotopic (exact) mass is 266 g/mol. The normalized spacial score (nSPS) is 13.4. The Balaban J connectivity index is 2.49. The molecule has 0 bridgehead atoms. The Labute approximate surface area is 99.9 Å². The maximum Gasteiger partial charge on any atom is 0.417 e. The van der Waals surface area contributed by atoms with Gasteiger partial charge in [-0.1, -0.05) is 6.92 Å². The zero-order valence-corrected chi connectivity index (χ0v) is 10.1. The van der Waals surface area contributed by atoms with E-state index in [-0.39, 0.29) is 0 Å². The molecule has 1 aromatic rings. The smallest absolute Gasteiger partial charge is 0.369 e. The Morgan fingerprint density at radius 3 is 2.59 bits per heavy atom. The first-order valence-electron chi connectivity index (χ1n) is 5.05. The summed E-state index contributed by atoms with van der Waals surface area (Å²) in [6, 6.07) is 2.23. The molecule has 1 rings (SSSR count). The van der Waals surface area contributed by atoms with Crippen LogP contribution in [0, 0.1) is 0 Å². The Morgan fingerprint density at radius 2 is 2.12 bits per heavy atom. The van der Waals surface area contributed by atoms with Crippen LogP contribution in [0.3, 0.4) is 0 Å². The van der Waals surface area contributed by atoms with Crippen LogP contribution in [0.1, 0.15) is 12.5 Å². The van der Waals surface area contributed by atoms with Crippen LogP contribution in [0.2, 0.25) is 0 Å². The van der Waals surface area contributed by atoms with Crippen molar-refractivity contribution in [2.24, 2.45) is 0 Å². The molecular formula is C10H13F3N2OS. The minimum Gasteiger partial charge on any atom is -0.369 e. The van der Waals surface area contributed by atoms with E-state index in [2.05, 4.69) is 10.3 Å². The van der Waals surface area contributed by atoms with Crippen LogP contribution >= 0.6 is 0 Å². The van der Waals surface area contributed by atoms with Crippen LogP contribution in [0.15, 0.2) is 18.3 Å². The number of pyridine rings is 1. The summed E-state index contributed by atoms with van der Waals surface area (Å²) in [5.41, 5.74) is -0.778. The molecule has 17 heavy (non-hydrogen) atoms. The van der Waals surface area contributed by atoms with Gasteiger partial charge in [0.2, 0.25) is 0 Å². The highest BCUT2D eigenvalue weighted by molar-refractivity contribution is 7.84. The molecule has 0 aliphatic heterocycles. The summed E-state index contributed by atoms with van der Waals surface area (Å²) in [6.07, 6.45) is -3.59. The van der Waals surface area contributed by atoms with Gasteiger partial charge in [-0.25, -0.2) is 4.98 Å². The molecule has 0 saturated heterocycles. The maximum atomic E-state index is 12.2. The number of alkyl halides is 3. The third kappa shape index (κ3) is 4.72. The second-order valence-corrected chi connectivity index (χ2v) is 5.15. The van der Waals surface area contributed by atoms with Crippen LogP contribution in [0.25, 0.3) is 0 Å². The van der Waals surface area contributed by atoms with Crippen LogP contribution in [0.5, 0.6) is 0 Å². The molecule has 7 heteroatoms. The molecule has 96 valence electrons. The second-order valence-electron chi connectivity index (χ2n) is 3.29. The molecule has 0 fully saturated rings. The number of nitrogens with zero attached hydrogens (tertiary/aromatic N) is 1. The molecular weight excluding hydrogens is 253 g/mol. The van der Waals surface area contributed by atoms with Gasteiger partial charge in [0.1, 0.15) is 5.82 Å². The second kappa shape index (κ2) is 6.00. The van der Waals surface area contributed by atoms with Crippen LogP contribution in [-0.4, -0.2) is 27.2 Å². The highest BCUT2D eigenvalue weighted by atomic mass is 32.2. The lowest BCUT2D eigenvalue weighted by molar-refractivity contribution is -0.137. The van der Waals surface area contributed by atoms with Gasteiger partial charge in [-0.3, -0.25) is 4.21 Å². The molecule has 0 radical (unpaired) electrons. The number of aromatic nitrogens is 1. The highest BCUT2D eigenvalue weighted by Gasteiger charge is 2.30. The SMILES string of the molecule is CCS(=O)CCNc1ccc(C(F)(F)F)cn1. The van der Waals surface area contributed by atoms with Crippen molar-refractivity contribution in [3.63, 3.8) is 0 Å². The number of rotatable bonds is 5. The lowest BCUT2D eigenvalue weighted by Crippen LogP contribution is -2.13. The first kappa shape index (κ1) is 14.0. The van der Waals surface area contributed by atoms with Gasteiger partial charge in [0.25, 0.3) is 0 Å². The van der Waals surface area contributed by atoms with Gasteiger partial charge in [-0.05, 0) is 12.1 Å². The average Bonchev–Trinajstić information content (AvgIpc) is 2.28. The largest absolute Gasteiger partial charge is 0.417 e. The molecule has 0 aromatic carbocycles. The summed E-state index contributed by atoms with van der Waals surface area (Å²) in [4.78, 5) is 3.64. The van der Waals surface area contributed by atoms with Crippen molar-refractivity contribution in [3.8, 4) is 0 Å². The van der Waals surface area contributed by atoms with Crippen LogP contribution < -0.4 is 5.32 Å². The number of anilines is 1. The van der Waals surface area contributed by atoms with Crippen molar-refractivity contribution in [2.75, 3.05) is 23.4 Å². The molecule has 1 aromatic heterocycles. The standard InChI is InChI=1S/C10H13F3N2OS/c1-2-17(16)6-5-14-9-4-3-8(7-15-9)10(11,12)13/h3-4,7H,2,5-6H2,1H3,(H,14,15). The zero-order chi connectivity index (χ0) is 12.9. The summed E-state index contributed by atoms with van der Waals surface area (Å²) >= 11 is 0. The van der Waals surface area contributed by atoms with Gasteiger partial charge in [0.15, 0.2) is 0 Å². The van der Waals surface area contributed by atoms with Crippen molar-refractivity contribution in [2.45, 2.75) is 13.1 Å². The number of hydrogen-bond donors (Lipinski definition) is 1. The van der Waals surface area contributed by atoms with Crippen molar-refractivity contribution in [3.05, 3.63) is 23.9 Å². The topological polar surface area (TPSA) is 42.0 Å². The Morgan fingerprint density at radius 1 is 1.41 bits per heavy atom. The lowest BCUT2D eigenvalue weighted by atomic mass is 10.3. The molecule has 0 aliphatic carbocycles. The fourth-order valence-electron chi connectivity index (χ4n) is 1.10. The van der Waals surface area contributed by atoms with E-state index < -0.39 is 22.5 Å². The summed E-state index contributed by atoms with van der Waals surface area (Å²) in [7, 11) is -0.889. The Hall–Kier alpha value is -1.11. The fraction of sp³-hybridized carbons (Fsp3) is 0.500. The molecule has 1 atom stereocenters. The fourth-order valence-corrected chi connectivity index (χ4v) is 1.72. The van der Waals surface area contributed by atoms with Crippen molar-refractivity contribution in [1.29, 1.82) is 0 Å². The van der Waals surface area contributed by atoms with Crippen molar-refractivity contribution in [1.82, 2.24) is 4.98 Å². The predicted molar refractivity (Wildman–Crippen MR) is 61.3 cm³/mol. The van der Waals surface area contributed by atoms with E-state index in [0.29, 0.717) is 23.9 Å². The molecule has 0 aliphatic rings. The minimum absolute atomic E-state index is 0.353. The Bertz CT molecular complexity index is 378. The summed E-state index contributed by atoms with van der Waals surface area (Å²) in [6.45, 7) is 2.24. The van der Waals surface area contributed by atoms with Gasteiger partial charge >= 0.3 is 6.18 Å². The summed E-state index contributed by atoms with van der Waals surface area (Å²) < 4.78 is 47.8. The van der Waals surface area contributed by atoms with Crippen molar-refractivity contribution >= 4 is 16.6 Å². The predicted octanol–water partition coefficient (Wildman–Crippen LogP) is 2.28. The number of hydrogen-bond acceptors (Lipinski definition) is 3. The van der Waals surface area contributed by atoms with Crippen LogP contribution in [0.4, 0.5) is 19.0 Å². The molecule has 0 spiro atoms. The molecule has 1 unspecified atom stereocenters. The third-order valence-electron chi connectivity index (χ3n) is 2.05. The van der Waals surface area contributed by atoms with E-state index in [4.69, 9.17) is 0 Å². The third-order valence-corrected chi connectivity index (χ3v) is 3.35. The van der Waals surface area contributed by atoms with E-state index in [1.54, 1.807) is 0 Å².